The van der Waals surface area contributed by atoms with Crippen LogP contribution in [0, 0.1) is 0 Å². The molecule has 0 bridgehead atoms. The topological polar surface area (TPSA) is 72.6 Å². The minimum Gasteiger partial charge on any atom is -0.479 e. The van der Waals surface area contributed by atoms with Crippen molar-refractivity contribution in [2.24, 2.45) is 5.73 Å². The molecule has 0 spiro atoms. The summed E-state index contributed by atoms with van der Waals surface area (Å²) in [6.07, 6.45) is -0.811. The van der Waals surface area contributed by atoms with E-state index in [4.69, 9.17) is 22.1 Å². The van der Waals surface area contributed by atoms with E-state index in [0.29, 0.717) is 22.8 Å². The van der Waals surface area contributed by atoms with E-state index >= 15 is 0 Å². The number of benzene rings is 1. The molecule has 0 aliphatic heterocycles. The molecule has 0 aliphatic rings. The Morgan fingerprint density at radius 3 is 2.65 bits per heavy atom. The third-order valence-electron chi connectivity index (χ3n) is 2.40. The number of aliphatic hydroxyl groups excluding tert-OH is 1. The van der Waals surface area contributed by atoms with E-state index in [9.17, 15) is 9.90 Å². The van der Waals surface area contributed by atoms with Gasteiger partial charge in [0.2, 0.25) is 0 Å². The number of amides is 1. The predicted molar refractivity (Wildman–Crippen MR) is 66.0 cm³/mol. The first-order chi connectivity index (χ1) is 7.95. The number of hydrogen-bond donors (Lipinski definition) is 2. The lowest BCUT2D eigenvalue weighted by Crippen LogP contribution is -2.33. The van der Waals surface area contributed by atoms with Crippen LogP contribution >= 0.6 is 11.6 Å². The Kier molecular flexibility index (Phi) is 4.78. The highest BCUT2D eigenvalue weighted by atomic mass is 35.5. The van der Waals surface area contributed by atoms with Gasteiger partial charge in [0.1, 0.15) is 5.75 Å². The van der Waals surface area contributed by atoms with E-state index < -0.39 is 18.1 Å². The second-order valence-corrected chi connectivity index (χ2v) is 4.19. The van der Waals surface area contributed by atoms with Crippen LogP contribution in [0.15, 0.2) is 18.2 Å². The number of hydrogen-bond acceptors (Lipinski definition) is 3. The number of rotatable bonds is 5. The summed E-state index contributed by atoms with van der Waals surface area (Å²) < 4.78 is 5.40. The summed E-state index contributed by atoms with van der Waals surface area (Å²) >= 11 is 5.99. The molecule has 0 saturated carbocycles. The maximum absolute atomic E-state index is 11.0. The second kappa shape index (κ2) is 5.89. The molecule has 1 rings (SSSR count). The van der Waals surface area contributed by atoms with Crippen LogP contribution in [-0.2, 0) is 4.79 Å². The third-order valence-corrected chi connectivity index (χ3v) is 2.69. The smallest absolute Gasteiger partial charge is 0.258 e. The summed E-state index contributed by atoms with van der Waals surface area (Å²) in [6.45, 7) is 3.44. The molecule has 1 aromatic rings. The minimum absolute atomic E-state index is 0.350. The molecule has 2 atom stereocenters. The van der Waals surface area contributed by atoms with Crippen LogP contribution in [0.5, 0.6) is 5.75 Å². The highest BCUT2D eigenvalue weighted by Crippen LogP contribution is 2.28. The van der Waals surface area contributed by atoms with E-state index in [1.165, 1.54) is 0 Å². The molecule has 0 aromatic heterocycles. The minimum atomic E-state index is -0.690. The molecular weight excluding hydrogens is 242 g/mol. The van der Waals surface area contributed by atoms with Crippen molar-refractivity contribution >= 4 is 17.5 Å². The van der Waals surface area contributed by atoms with Gasteiger partial charge in [0, 0.05) is 0 Å². The van der Waals surface area contributed by atoms with Gasteiger partial charge in [0.25, 0.3) is 5.91 Å². The maximum Gasteiger partial charge on any atom is 0.258 e. The number of halogens is 1. The lowest BCUT2D eigenvalue weighted by Gasteiger charge is -2.16. The number of nitrogens with two attached hydrogens (primary N) is 1. The van der Waals surface area contributed by atoms with Crippen LogP contribution in [0.25, 0.3) is 0 Å². The molecule has 0 radical (unpaired) electrons. The van der Waals surface area contributed by atoms with Gasteiger partial charge >= 0.3 is 0 Å². The number of ether oxygens (including phenoxy) is 1. The fourth-order valence-electron chi connectivity index (χ4n) is 1.37. The van der Waals surface area contributed by atoms with Crippen molar-refractivity contribution in [1.29, 1.82) is 0 Å². The summed E-state index contributed by atoms with van der Waals surface area (Å²) in [7, 11) is 0. The predicted octanol–water partition coefficient (Wildman–Crippen LogP) is 2.04. The molecule has 1 unspecified atom stereocenters. The van der Waals surface area contributed by atoms with Crippen LogP contribution in [-0.4, -0.2) is 17.1 Å². The molecule has 1 amide bonds. The zero-order valence-corrected chi connectivity index (χ0v) is 10.6. The van der Waals surface area contributed by atoms with E-state index in [1.807, 2.05) is 0 Å². The van der Waals surface area contributed by atoms with Gasteiger partial charge in [-0.25, -0.2) is 0 Å². The van der Waals surface area contributed by atoms with Crippen LogP contribution in [0.4, 0.5) is 0 Å². The van der Waals surface area contributed by atoms with Gasteiger partial charge in [0.15, 0.2) is 6.10 Å². The van der Waals surface area contributed by atoms with E-state index in [-0.39, 0.29) is 0 Å². The number of carbonyl (C=O) groups excluding carboxylic acids is 1. The zero-order valence-electron chi connectivity index (χ0n) is 9.81. The van der Waals surface area contributed by atoms with E-state index in [1.54, 1.807) is 32.0 Å². The van der Waals surface area contributed by atoms with Crippen LogP contribution in [0.3, 0.4) is 0 Å². The molecule has 0 heterocycles. The van der Waals surface area contributed by atoms with Crippen molar-refractivity contribution in [3.63, 3.8) is 0 Å². The molecule has 1 aromatic carbocycles. The van der Waals surface area contributed by atoms with Gasteiger partial charge in [-0.1, -0.05) is 24.6 Å². The van der Waals surface area contributed by atoms with E-state index in [0.717, 1.165) is 0 Å². The SMILES string of the molecule is CCC(Oc1ccc([C@@H](C)O)cc1Cl)C(N)=O. The molecule has 0 fully saturated rings. The quantitative estimate of drug-likeness (QED) is 0.848. The Hall–Kier alpha value is -1.26. The van der Waals surface area contributed by atoms with Gasteiger partial charge in [-0.3, -0.25) is 4.79 Å². The standard InChI is InChI=1S/C12H16ClNO3/c1-3-10(12(14)16)17-11-5-4-8(7(2)15)6-9(11)13/h4-7,10,15H,3H2,1-2H3,(H2,14,16)/t7-,10?/m1/s1. The monoisotopic (exact) mass is 257 g/mol. The van der Waals surface area contributed by atoms with Crippen LogP contribution < -0.4 is 10.5 Å². The lowest BCUT2D eigenvalue weighted by atomic mass is 10.1. The molecule has 5 heteroatoms. The highest BCUT2D eigenvalue weighted by molar-refractivity contribution is 6.32. The van der Waals surface area contributed by atoms with Gasteiger partial charge in [0.05, 0.1) is 11.1 Å². The van der Waals surface area contributed by atoms with Crippen LogP contribution in [0.2, 0.25) is 5.02 Å². The maximum atomic E-state index is 11.0. The number of aliphatic hydroxyl groups is 1. The summed E-state index contributed by atoms with van der Waals surface area (Å²) in [5, 5.41) is 9.73. The van der Waals surface area contributed by atoms with Gasteiger partial charge in [-0.05, 0) is 31.0 Å². The molecule has 4 nitrogen and oxygen atoms in total. The van der Waals surface area contributed by atoms with Crippen molar-refractivity contribution in [3.05, 3.63) is 28.8 Å². The van der Waals surface area contributed by atoms with Crippen molar-refractivity contribution in [3.8, 4) is 5.75 Å². The van der Waals surface area contributed by atoms with Gasteiger partial charge in [-0.2, -0.15) is 0 Å². The summed E-state index contributed by atoms with van der Waals surface area (Å²) in [6, 6.07) is 4.92. The van der Waals surface area contributed by atoms with Crippen molar-refractivity contribution in [2.75, 3.05) is 0 Å². The van der Waals surface area contributed by atoms with Gasteiger partial charge in [-0.15, -0.1) is 0 Å². The normalized spacial score (nSPS) is 14.1. The number of carbonyl (C=O) groups is 1. The first kappa shape index (κ1) is 13.8. The van der Waals surface area contributed by atoms with Crippen molar-refractivity contribution in [2.45, 2.75) is 32.5 Å². The van der Waals surface area contributed by atoms with Crippen molar-refractivity contribution in [1.82, 2.24) is 0 Å². The fraction of sp³-hybridized carbons (Fsp3) is 0.417. The zero-order chi connectivity index (χ0) is 13.0. The molecule has 17 heavy (non-hydrogen) atoms. The Balaban J connectivity index is 2.89. The summed E-state index contributed by atoms with van der Waals surface area (Å²) in [4.78, 5) is 11.0. The molecule has 0 aliphatic carbocycles. The Morgan fingerprint density at radius 2 is 2.24 bits per heavy atom. The molecule has 3 N–H and O–H groups in total. The third kappa shape index (κ3) is 3.61. The van der Waals surface area contributed by atoms with Crippen molar-refractivity contribution < 1.29 is 14.6 Å². The largest absolute Gasteiger partial charge is 0.479 e. The average Bonchev–Trinajstić information content (AvgIpc) is 2.26. The van der Waals surface area contributed by atoms with E-state index in [2.05, 4.69) is 0 Å². The Morgan fingerprint density at radius 1 is 1.59 bits per heavy atom. The van der Waals surface area contributed by atoms with Crippen LogP contribution in [0.1, 0.15) is 31.9 Å². The average molecular weight is 258 g/mol. The second-order valence-electron chi connectivity index (χ2n) is 3.78. The highest BCUT2D eigenvalue weighted by Gasteiger charge is 2.16. The lowest BCUT2D eigenvalue weighted by molar-refractivity contribution is -0.124. The molecular formula is C12H16ClNO3. The fourth-order valence-corrected chi connectivity index (χ4v) is 1.60. The molecule has 0 saturated heterocycles. The van der Waals surface area contributed by atoms with Gasteiger partial charge < -0.3 is 15.6 Å². The first-order valence-electron chi connectivity index (χ1n) is 5.39. The molecule has 94 valence electrons. The number of primary amides is 1. The summed E-state index contributed by atoms with van der Waals surface area (Å²) in [5.41, 5.74) is 5.87. The first-order valence-corrected chi connectivity index (χ1v) is 5.77. The Labute approximate surface area is 105 Å². The Bertz CT molecular complexity index is 407. The summed E-state index contributed by atoms with van der Waals surface area (Å²) in [5.74, 6) is -0.134.